The number of nitrogens with one attached hydrogen (secondary N) is 1. The molecule has 0 heterocycles. The Hall–Kier alpha value is -2.20. The van der Waals surface area contributed by atoms with Crippen LogP contribution < -0.4 is 14.4 Å². The number of halogens is 3. The average Bonchev–Trinajstić information content (AvgIpc) is 2.83. The van der Waals surface area contributed by atoms with Gasteiger partial charge in [-0.05, 0) is 50.1 Å². The zero-order chi connectivity index (χ0) is 27.9. The Morgan fingerprint density at radius 3 is 2.19 bits per heavy atom. The molecule has 8 nitrogen and oxygen atoms in total. The van der Waals surface area contributed by atoms with E-state index in [2.05, 4.69) is 5.32 Å². The normalized spacial score (nSPS) is 13.0. The monoisotopic (exact) mass is 591 g/mol. The van der Waals surface area contributed by atoms with Crippen LogP contribution in [0.15, 0.2) is 36.4 Å². The molecule has 2 rings (SSSR count). The van der Waals surface area contributed by atoms with Crippen molar-refractivity contribution in [3.05, 3.63) is 57.0 Å². The van der Waals surface area contributed by atoms with Gasteiger partial charge in [0.05, 0.1) is 19.1 Å². The van der Waals surface area contributed by atoms with E-state index in [0.29, 0.717) is 22.0 Å². The Bertz CT molecular complexity index is 1210. The highest BCUT2D eigenvalue weighted by atomic mass is 35.5. The number of benzene rings is 2. The van der Waals surface area contributed by atoms with E-state index in [4.69, 9.17) is 39.5 Å². The van der Waals surface area contributed by atoms with Gasteiger partial charge in [-0.25, -0.2) is 8.42 Å². The summed E-state index contributed by atoms with van der Waals surface area (Å²) in [6.07, 6.45) is 1.95. The molecular weight excluding hydrogens is 561 g/mol. The Kier molecular flexibility index (Phi) is 11.4. The summed E-state index contributed by atoms with van der Waals surface area (Å²) < 4.78 is 31.9. The van der Waals surface area contributed by atoms with Crippen LogP contribution in [-0.2, 0) is 26.2 Å². The van der Waals surface area contributed by atoms with Gasteiger partial charge in [-0.3, -0.25) is 13.9 Å². The van der Waals surface area contributed by atoms with Crippen molar-refractivity contribution in [2.75, 3.05) is 24.2 Å². The summed E-state index contributed by atoms with van der Waals surface area (Å²) in [7, 11) is -2.58. The highest BCUT2D eigenvalue weighted by molar-refractivity contribution is 7.92. The molecule has 0 radical (unpaired) electrons. The largest absolute Gasteiger partial charge is 0.495 e. The van der Waals surface area contributed by atoms with Crippen LogP contribution >= 0.6 is 34.8 Å². The third-order valence-electron chi connectivity index (χ3n) is 5.87. The summed E-state index contributed by atoms with van der Waals surface area (Å²) in [5.74, 6) is -0.779. The van der Waals surface area contributed by atoms with Crippen LogP contribution in [0.1, 0.15) is 39.2 Å². The fourth-order valence-electron chi connectivity index (χ4n) is 3.67. The Morgan fingerprint density at radius 2 is 1.68 bits per heavy atom. The van der Waals surface area contributed by atoms with E-state index in [1.807, 2.05) is 13.8 Å². The molecule has 0 saturated heterocycles. The predicted octanol–water partition coefficient (Wildman–Crippen LogP) is 5.14. The lowest BCUT2D eigenvalue weighted by atomic mass is 10.1. The Morgan fingerprint density at radius 1 is 1.05 bits per heavy atom. The van der Waals surface area contributed by atoms with Gasteiger partial charge in [0, 0.05) is 33.2 Å². The molecule has 204 valence electrons. The summed E-state index contributed by atoms with van der Waals surface area (Å²) in [6, 6.07) is 8.36. The number of anilines is 1. The standard InChI is InChI=1S/C25H32Cl3N3O5S/c1-6-16(3)29-25(33)21(7-2)30(14-18-19(27)9-8-10-20(18)28)24(32)15-31(37(5,34)35)22-13-17(26)11-12-23(22)36-4/h8-13,16,21H,6-7,14-15H2,1-5H3,(H,29,33). The average molecular weight is 593 g/mol. The molecule has 0 aliphatic heterocycles. The number of ether oxygens (including phenoxy) is 1. The molecule has 0 saturated carbocycles. The topological polar surface area (TPSA) is 96.0 Å². The lowest BCUT2D eigenvalue weighted by Gasteiger charge is -2.34. The van der Waals surface area contributed by atoms with E-state index < -0.39 is 28.5 Å². The number of amides is 2. The lowest BCUT2D eigenvalue weighted by Crippen LogP contribution is -2.53. The minimum Gasteiger partial charge on any atom is -0.495 e. The SMILES string of the molecule is CCC(C)NC(=O)C(CC)N(Cc1c(Cl)cccc1Cl)C(=O)CN(c1cc(Cl)ccc1OC)S(C)(=O)=O. The fourth-order valence-corrected chi connectivity index (χ4v) is 5.20. The Labute approximate surface area is 233 Å². The van der Waals surface area contributed by atoms with E-state index in [9.17, 15) is 18.0 Å². The minimum absolute atomic E-state index is 0.0960. The number of methoxy groups -OCH3 is 1. The summed E-state index contributed by atoms with van der Waals surface area (Å²) in [4.78, 5) is 28.3. The molecule has 2 unspecified atom stereocenters. The van der Waals surface area contributed by atoms with Crippen LogP contribution in [-0.4, -0.2) is 57.1 Å². The second kappa shape index (κ2) is 13.6. The quantitative estimate of drug-likeness (QED) is 0.368. The molecule has 0 spiro atoms. The molecular formula is C25H32Cl3N3O5S. The summed E-state index contributed by atoms with van der Waals surface area (Å²) in [6.45, 7) is 4.85. The maximum Gasteiger partial charge on any atom is 0.244 e. The number of hydrogen-bond donors (Lipinski definition) is 1. The third-order valence-corrected chi connectivity index (χ3v) is 7.94. The molecule has 0 bridgehead atoms. The van der Waals surface area contributed by atoms with Crippen LogP contribution in [0, 0.1) is 0 Å². The van der Waals surface area contributed by atoms with E-state index in [1.165, 1.54) is 24.1 Å². The van der Waals surface area contributed by atoms with Crippen LogP contribution in [0.4, 0.5) is 5.69 Å². The smallest absolute Gasteiger partial charge is 0.244 e. The van der Waals surface area contributed by atoms with Crippen molar-refractivity contribution in [3.63, 3.8) is 0 Å². The molecule has 0 fully saturated rings. The van der Waals surface area contributed by atoms with Gasteiger partial charge in [0.2, 0.25) is 21.8 Å². The number of nitrogens with zero attached hydrogens (tertiary/aromatic N) is 2. The van der Waals surface area contributed by atoms with Crippen molar-refractivity contribution in [3.8, 4) is 5.75 Å². The number of carbonyl (C=O) groups is 2. The first-order chi connectivity index (χ1) is 17.3. The van der Waals surface area contributed by atoms with Crippen LogP contribution in [0.3, 0.4) is 0 Å². The van der Waals surface area contributed by atoms with Gasteiger partial charge >= 0.3 is 0 Å². The van der Waals surface area contributed by atoms with E-state index >= 15 is 0 Å². The molecule has 2 aromatic carbocycles. The Balaban J connectivity index is 2.57. The minimum atomic E-state index is -3.97. The van der Waals surface area contributed by atoms with Gasteiger partial charge in [-0.1, -0.05) is 54.7 Å². The molecule has 1 N–H and O–H groups in total. The van der Waals surface area contributed by atoms with Gasteiger partial charge in [0.15, 0.2) is 0 Å². The first-order valence-electron chi connectivity index (χ1n) is 11.7. The first-order valence-corrected chi connectivity index (χ1v) is 14.7. The predicted molar refractivity (Wildman–Crippen MR) is 149 cm³/mol. The van der Waals surface area contributed by atoms with E-state index in [1.54, 1.807) is 31.2 Å². The van der Waals surface area contributed by atoms with Crippen molar-refractivity contribution in [1.82, 2.24) is 10.2 Å². The summed E-state index contributed by atoms with van der Waals surface area (Å²) >= 11 is 18.9. The number of hydrogen-bond acceptors (Lipinski definition) is 5. The van der Waals surface area contributed by atoms with Crippen molar-refractivity contribution in [1.29, 1.82) is 0 Å². The second-order valence-corrected chi connectivity index (χ2v) is 11.7. The van der Waals surface area contributed by atoms with Crippen molar-refractivity contribution < 1.29 is 22.7 Å². The summed E-state index contributed by atoms with van der Waals surface area (Å²) in [5, 5.41) is 3.80. The molecule has 2 amide bonds. The maximum atomic E-state index is 13.8. The molecule has 12 heteroatoms. The second-order valence-electron chi connectivity index (χ2n) is 8.55. The molecule has 37 heavy (non-hydrogen) atoms. The van der Waals surface area contributed by atoms with Gasteiger partial charge in [-0.2, -0.15) is 0 Å². The van der Waals surface area contributed by atoms with Gasteiger partial charge in [-0.15, -0.1) is 0 Å². The van der Waals surface area contributed by atoms with Gasteiger partial charge < -0.3 is 15.0 Å². The van der Waals surface area contributed by atoms with Crippen LogP contribution in [0.5, 0.6) is 5.75 Å². The molecule has 0 aliphatic rings. The van der Waals surface area contributed by atoms with E-state index in [-0.39, 0.29) is 41.4 Å². The zero-order valence-electron chi connectivity index (χ0n) is 21.4. The van der Waals surface area contributed by atoms with E-state index in [0.717, 1.165) is 10.6 Å². The maximum absolute atomic E-state index is 13.8. The lowest BCUT2D eigenvalue weighted by molar-refractivity contribution is -0.140. The highest BCUT2D eigenvalue weighted by Gasteiger charge is 2.33. The first kappa shape index (κ1) is 31.0. The zero-order valence-corrected chi connectivity index (χ0v) is 24.5. The van der Waals surface area contributed by atoms with Gasteiger partial charge in [0.25, 0.3) is 0 Å². The highest BCUT2D eigenvalue weighted by Crippen LogP contribution is 2.33. The van der Waals surface area contributed by atoms with Gasteiger partial charge in [0.1, 0.15) is 18.3 Å². The number of sulfonamides is 1. The van der Waals surface area contributed by atoms with Crippen molar-refractivity contribution >= 4 is 62.3 Å². The van der Waals surface area contributed by atoms with Crippen LogP contribution in [0.2, 0.25) is 15.1 Å². The van der Waals surface area contributed by atoms with Crippen molar-refractivity contribution in [2.24, 2.45) is 0 Å². The third kappa shape index (κ3) is 8.14. The molecule has 0 aliphatic carbocycles. The van der Waals surface area contributed by atoms with Crippen molar-refractivity contribution in [2.45, 2.75) is 52.2 Å². The molecule has 2 atom stereocenters. The molecule has 2 aromatic rings. The fraction of sp³-hybridized carbons (Fsp3) is 0.440. The summed E-state index contributed by atoms with van der Waals surface area (Å²) in [5.41, 5.74) is 0.541. The number of rotatable bonds is 12. The molecule has 0 aromatic heterocycles. The number of carbonyl (C=O) groups excluding carboxylic acids is 2. The van der Waals surface area contributed by atoms with Crippen LogP contribution in [0.25, 0.3) is 0 Å².